The summed E-state index contributed by atoms with van der Waals surface area (Å²) in [7, 11) is 1.41. The number of primary amides is 1. The fraction of sp³-hybridized carbons (Fsp3) is 0.462. The SMILES string of the molecule is COc1cc(C(C)NC(C)(C)C(N)=O)ccc1F. The number of hydrogen-bond acceptors (Lipinski definition) is 3. The number of amides is 1. The van der Waals surface area contributed by atoms with Gasteiger partial charge in [-0.3, -0.25) is 10.1 Å². The second-order valence-corrected chi connectivity index (χ2v) is 4.75. The van der Waals surface area contributed by atoms with Gasteiger partial charge in [-0.15, -0.1) is 0 Å². The first kappa shape index (κ1) is 14.4. The molecule has 0 bridgehead atoms. The van der Waals surface area contributed by atoms with E-state index < -0.39 is 17.3 Å². The Labute approximate surface area is 106 Å². The molecule has 1 rings (SSSR count). The second kappa shape index (κ2) is 5.35. The minimum absolute atomic E-state index is 0.151. The lowest BCUT2D eigenvalue weighted by Gasteiger charge is -2.27. The van der Waals surface area contributed by atoms with Crippen molar-refractivity contribution in [2.24, 2.45) is 5.73 Å². The van der Waals surface area contributed by atoms with Crippen molar-refractivity contribution < 1.29 is 13.9 Å². The molecule has 1 atom stereocenters. The number of halogens is 1. The Morgan fingerprint density at radius 1 is 1.50 bits per heavy atom. The van der Waals surface area contributed by atoms with Crippen LogP contribution in [0.25, 0.3) is 0 Å². The van der Waals surface area contributed by atoms with Crippen LogP contribution in [0.5, 0.6) is 5.75 Å². The molecule has 1 amide bonds. The van der Waals surface area contributed by atoms with Gasteiger partial charge < -0.3 is 10.5 Å². The van der Waals surface area contributed by atoms with Crippen molar-refractivity contribution in [1.82, 2.24) is 5.32 Å². The minimum atomic E-state index is -0.832. The predicted octanol–water partition coefficient (Wildman–Crippen LogP) is 1.75. The van der Waals surface area contributed by atoms with Gasteiger partial charge in [0.1, 0.15) is 0 Å². The molecule has 0 aromatic heterocycles. The topological polar surface area (TPSA) is 64.3 Å². The van der Waals surface area contributed by atoms with Gasteiger partial charge >= 0.3 is 0 Å². The zero-order chi connectivity index (χ0) is 13.9. The molecule has 0 fully saturated rings. The first-order valence-electron chi connectivity index (χ1n) is 5.69. The Kier molecular flexibility index (Phi) is 4.29. The molecule has 0 spiro atoms. The molecule has 3 N–H and O–H groups in total. The van der Waals surface area contributed by atoms with Crippen LogP contribution in [0.1, 0.15) is 32.4 Å². The summed E-state index contributed by atoms with van der Waals surface area (Å²) in [4.78, 5) is 11.2. The zero-order valence-corrected chi connectivity index (χ0v) is 11.1. The lowest BCUT2D eigenvalue weighted by atomic mass is 10.00. The van der Waals surface area contributed by atoms with E-state index >= 15 is 0 Å². The third kappa shape index (κ3) is 3.20. The lowest BCUT2D eigenvalue weighted by molar-refractivity contribution is -0.123. The van der Waals surface area contributed by atoms with Crippen molar-refractivity contribution in [2.45, 2.75) is 32.4 Å². The lowest BCUT2D eigenvalue weighted by Crippen LogP contribution is -2.51. The summed E-state index contributed by atoms with van der Waals surface area (Å²) in [6.07, 6.45) is 0. The summed E-state index contributed by atoms with van der Waals surface area (Å²) >= 11 is 0. The minimum Gasteiger partial charge on any atom is -0.494 e. The van der Waals surface area contributed by atoms with Crippen molar-refractivity contribution >= 4 is 5.91 Å². The van der Waals surface area contributed by atoms with Crippen LogP contribution in [-0.4, -0.2) is 18.6 Å². The van der Waals surface area contributed by atoms with Gasteiger partial charge in [-0.05, 0) is 38.5 Å². The predicted molar refractivity (Wildman–Crippen MR) is 67.8 cm³/mol. The van der Waals surface area contributed by atoms with Crippen molar-refractivity contribution in [2.75, 3.05) is 7.11 Å². The Morgan fingerprint density at radius 3 is 2.61 bits per heavy atom. The summed E-state index contributed by atoms with van der Waals surface area (Å²) in [6, 6.07) is 4.43. The molecule has 0 saturated heterocycles. The van der Waals surface area contributed by atoms with Crippen LogP contribution < -0.4 is 15.8 Å². The highest BCUT2D eigenvalue weighted by molar-refractivity contribution is 5.83. The van der Waals surface area contributed by atoms with Gasteiger partial charge in [0.15, 0.2) is 11.6 Å². The van der Waals surface area contributed by atoms with Crippen LogP contribution in [-0.2, 0) is 4.79 Å². The summed E-state index contributed by atoms with van der Waals surface area (Å²) in [5.41, 5.74) is 5.28. The number of hydrogen-bond donors (Lipinski definition) is 2. The van der Waals surface area contributed by atoms with Gasteiger partial charge in [-0.25, -0.2) is 4.39 Å². The van der Waals surface area contributed by atoms with E-state index in [9.17, 15) is 9.18 Å². The maximum Gasteiger partial charge on any atom is 0.237 e. The van der Waals surface area contributed by atoms with Gasteiger partial charge in [-0.2, -0.15) is 0 Å². The fourth-order valence-corrected chi connectivity index (χ4v) is 1.64. The summed E-state index contributed by atoms with van der Waals surface area (Å²) in [6.45, 7) is 5.27. The Hall–Kier alpha value is -1.62. The molecule has 1 aromatic rings. The highest BCUT2D eigenvalue weighted by Crippen LogP contribution is 2.23. The van der Waals surface area contributed by atoms with Gasteiger partial charge in [0, 0.05) is 6.04 Å². The molecule has 0 aliphatic heterocycles. The van der Waals surface area contributed by atoms with Crippen LogP contribution in [0.2, 0.25) is 0 Å². The molecule has 0 aliphatic carbocycles. The van der Waals surface area contributed by atoms with E-state index in [2.05, 4.69) is 5.32 Å². The smallest absolute Gasteiger partial charge is 0.237 e. The standard InChI is InChI=1S/C13H19FN2O2/c1-8(16-13(2,3)12(15)17)9-5-6-10(14)11(7-9)18-4/h5-8,16H,1-4H3,(H2,15,17). The van der Waals surface area contributed by atoms with Crippen molar-refractivity contribution in [3.8, 4) is 5.75 Å². The number of nitrogens with two attached hydrogens (primary N) is 1. The largest absolute Gasteiger partial charge is 0.494 e. The van der Waals surface area contributed by atoms with E-state index in [1.807, 2.05) is 6.92 Å². The summed E-state index contributed by atoms with van der Waals surface area (Å²) in [5, 5.41) is 3.09. The molecular formula is C13H19FN2O2. The Bertz CT molecular complexity index is 447. The van der Waals surface area contributed by atoms with Crippen LogP contribution >= 0.6 is 0 Å². The number of ether oxygens (including phenoxy) is 1. The zero-order valence-electron chi connectivity index (χ0n) is 11.1. The van der Waals surface area contributed by atoms with E-state index in [0.29, 0.717) is 0 Å². The number of benzene rings is 1. The third-order valence-corrected chi connectivity index (χ3v) is 2.87. The Morgan fingerprint density at radius 2 is 2.11 bits per heavy atom. The van der Waals surface area contributed by atoms with E-state index in [1.165, 1.54) is 13.2 Å². The maximum absolute atomic E-state index is 13.3. The molecule has 0 aliphatic rings. The maximum atomic E-state index is 13.3. The number of carbonyl (C=O) groups is 1. The Balaban J connectivity index is 2.91. The quantitative estimate of drug-likeness (QED) is 0.841. The van der Waals surface area contributed by atoms with Crippen LogP contribution in [0, 0.1) is 5.82 Å². The van der Waals surface area contributed by atoms with Crippen LogP contribution in [0.15, 0.2) is 18.2 Å². The molecule has 4 nitrogen and oxygen atoms in total. The van der Waals surface area contributed by atoms with E-state index in [4.69, 9.17) is 10.5 Å². The molecule has 0 saturated carbocycles. The molecule has 1 unspecified atom stereocenters. The van der Waals surface area contributed by atoms with Crippen molar-refractivity contribution in [1.29, 1.82) is 0 Å². The van der Waals surface area contributed by atoms with E-state index in [0.717, 1.165) is 5.56 Å². The molecular weight excluding hydrogens is 235 g/mol. The monoisotopic (exact) mass is 254 g/mol. The molecule has 18 heavy (non-hydrogen) atoms. The number of rotatable bonds is 5. The van der Waals surface area contributed by atoms with Gasteiger partial charge in [0.2, 0.25) is 5.91 Å². The first-order chi connectivity index (χ1) is 8.27. The van der Waals surface area contributed by atoms with Crippen molar-refractivity contribution in [3.05, 3.63) is 29.6 Å². The third-order valence-electron chi connectivity index (χ3n) is 2.87. The van der Waals surface area contributed by atoms with E-state index in [-0.39, 0.29) is 11.8 Å². The fourth-order valence-electron chi connectivity index (χ4n) is 1.64. The van der Waals surface area contributed by atoms with Crippen LogP contribution in [0.4, 0.5) is 4.39 Å². The van der Waals surface area contributed by atoms with Gasteiger partial charge in [0.25, 0.3) is 0 Å². The van der Waals surface area contributed by atoms with Gasteiger partial charge in [0.05, 0.1) is 12.6 Å². The highest BCUT2D eigenvalue weighted by Gasteiger charge is 2.26. The molecule has 100 valence electrons. The summed E-state index contributed by atoms with van der Waals surface area (Å²) < 4.78 is 18.2. The molecule has 0 heterocycles. The van der Waals surface area contributed by atoms with Gasteiger partial charge in [-0.1, -0.05) is 6.07 Å². The molecule has 1 aromatic carbocycles. The number of methoxy groups -OCH3 is 1. The summed E-state index contributed by atoms with van der Waals surface area (Å²) in [5.74, 6) is -0.677. The van der Waals surface area contributed by atoms with Crippen molar-refractivity contribution in [3.63, 3.8) is 0 Å². The van der Waals surface area contributed by atoms with E-state index in [1.54, 1.807) is 26.0 Å². The average molecular weight is 254 g/mol. The molecule has 5 heteroatoms. The molecule has 0 radical (unpaired) electrons. The average Bonchev–Trinajstić information content (AvgIpc) is 2.28. The van der Waals surface area contributed by atoms with Crippen LogP contribution in [0.3, 0.4) is 0 Å². The normalized spacial score (nSPS) is 13.2. The number of nitrogens with one attached hydrogen (secondary N) is 1. The second-order valence-electron chi connectivity index (χ2n) is 4.75. The first-order valence-corrected chi connectivity index (χ1v) is 5.69. The highest BCUT2D eigenvalue weighted by atomic mass is 19.1. The number of carbonyl (C=O) groups excluding carboxylic acids is 1.